The molecule has 0 amide bonds. The number of aryl methyl sites for hydroxylation is 1. The minimum Gasteiger partial charge on any atom is -0.495 e. The lowest BCUT2D eigenvalue weighted by Gasteiger charge is -2.26. The van der Waals surface area contributed by atoms with Gasteiger partial charge in [0.05, 0.1) is 20.3 Å². The molecule has 0 aromatic heterocycles. The van der Waals surface area contributed by atoms with Crippen LogP contribution in [0.2, 0.25) is 0 Å². The molecule has 0 radical (unpaired) electrons. The first-order chi connectivity index (χ1) is 13.9. The Labute approximate surface area is 170 Å². The lowest BCUT2D eigenvalue weighted by atomic mass is 10.2. The normalized spacial score (nSPS) is 15.4. The van der Waals surface area contributed by atoms with Crippen molar-refractivity contribution in [2.75, 3.05) is 33.4 Å². The third-order valence-electron chi connectivity index (χ3n) is 4.43. The number of benzene rings is 2. The first kappa shape index (κ1) is 21.0. The molecule has 0 bridgehead atoms. The van der Waals surface area contributed by atoms with E-state index in [1.54, 1.807) is 24.3 Å². The standard InChI is InChI=1S/C21H23NO6S/c1-16-3-7-18(8-4-16)28-21(23)10-6-17-5-9-19(26-2)20(15-17)29(24,25)22-11-13-27-14-12-22/h3-10,15H,11-14H2,1-2H3/b10-6+. The van der Waals surface area contributed by atoms with Gasteiger partial charge in [0.1, 0.15) is 16.4 Å². The topological polar surface area (TPSA) is 82.1 Å². The van der Waals surface area contributed by atoms with Crippen molar-refractivity contribution in [2.24, 2.45) is 0 Å². The Kier molecular flexibility index (Phi) is 6.68. The fraction of sp³-hybridized carbons (Fsp3) is 0.286. The summed E-state index contributed by atoms with van der Waals surface area (Å²) < 4.78 is 43.1. The van der Waals surface area contributed by atoms with Crippen LogP contribution in [0, 0.1) is 6.92 Å². The zero-order valence-electron chi connectivity index (χ0n) is 16.3. The lowest BCUT2D eigenvalue weighted by molar-refractivity contribution is -0.128. The molecule has 8 heteroatoms. The van der Waals surface area contributed by atoms with Gasteiger partial charge in [0.25, 0.3) is 0 Å². The average molecular weight is 417 g/mol. The van der Waals surface area contributed by atoms with Crippen molar-refractivity contribution in [3.8, 4) is 11.5 Å². The molecule has 1 fully saturated rings. The maximum atomic E-state index is 13.0. The van der Waals surface area contributed by atoms with Crippen LogP contribution >= 0.6 is 0 Å². The van der Waals surface area contributed by atoms with Gasteiger partial charge in [0.15, 0.2) is 0 Å². The summed E-state index contributed by atoms with van der Waals surface area (Å²) in [6.45, 7) is 3.22. The molecule has 2 aromatic carbocycles. The number of nitrogens with zero attached hydrogens (tertiary/aromatic N) is 1. The molecular weight excluding hydrogens is 394 g/mol. The van der Waals surface area contributed by atoms with Gasteiger partial charge in [-0.3, -0.25) is 0 Å². The lowest BCUT2D eigenvalue weighted by Crippen LogP contribution is -2.40. The minimum absolute atomic E-state index is 0.0518. The second-order valence-electron chi connectivity index (χ2n) is 6.49. The molecule has 1 aliphatic heterocycles. The van der Waals surface area contributed by atoms with Gasteiger partial charge >= 0.3 is 5.97 Å². The van der Waals surface area contributed by atoms with Crippen molar-refractivity contribution in [1.29, 1.82) is 0 Å². The maximum absolute atomic E-state index is 13.0. The Morgan fingerprint density at radius 1 is 1.10 bits per heavy atom. The number of esters is 1. The zero-order chi connectivity index (χ0) is 20.9. The summed E-state index contributed by atoms with van der Waals surface area (Å²) in [6.07, 6.45) is 2.76. The Hall–Kier alpha value is -2.68. The summed E-state index contributed by atoms with van der Waals surface area (Å²) in [4.78, 5) is 12.1. The smallest absolute Gasteiger partial charge is 0.336 e. The second-order valence-corrected chi connectivity index (χ2v) is 8.40. The van der Waals surface area contributed by atoms with Gasteiger partial charge in [-0.05, 0) is 42.8 Å². The molecule has 1 saturated heterocycles. The number of hydrogen-bond acceptors (Lipinski definition) is 6. The molecule has 0 spiro atoms. The highest BCUT2D eigenvalue weighted by Crippen LogP contribution is 2.29. The molecule has 0 saturated carbocycles. The third kappa shape index (κ3) is 5.23. The van der Waals surface area contributed by atoms with Crippen molar-refractivity contribution in [2.45, 2.75) is 11.8 Å². The molecule has 0 aliphatic carbocycles. The number of morpholine rings is 1. The van der Waals surface area contributed by atoms with E-state index in [0.717, 1.165) is 5.56 Å². The van der Waals surface area contributed by atoms with Gasteiger partial charge in [-0.2, -0.15) is 4.31 Å². The number of hydrogen-bond donors (Lipinski definition) is 0. The first-order valence-corrected chi connectivity index (χ1v) is 10.6. The Balaban J connectivity index is 1.79. The number of carbonyl (C=O) groups is 1. The van der Waals surface area contributed by atoms with Gasteiger partial charge in [-0.25, -0.2) is 13.2 Å². The van der Waals surface area contributed by atoms with Crippen LogP contribution in [0.5, 0.6) is 11.5 Å². The Morgan fingerprint density at radius 3 is 2.45 bits per heavy atom. The van der Waals surface area contributed by atoms with E-state index < -0.39 is 16.0 Å². The van der Waals surface area contributed by atoms with Crippen LogP contribution in [-0.2, 0) is 19.6 Å². The van der Waals surface area contributed by atoms with E-state index in [4.69, 9.17) is 14.2 Å². The largest absolute Gasteiger partial charge is 0.495 e. The maximum Gasteiger partial charge on any atom is 0.336 e. The van der Waals surface area contributed by atoms with Crippen LogP contribution in [-0.4, -0.2) is 52.1 Å². The molecule has 7 nitrogen and oxygen atoms in total. The molecule has 0 unspecified atom stereocenters. The molecule has 0 atom stereocenters. The van der Waals surface area contributed by atoms with E-state index in [2.05, 4.69) is 0 Å². The number of ether oxygens (including phenoxy) is 3. The predicted molar refractivity (Wildman–Crippen MR) is 108 cm³/mol. The number of sulfonamides is 1. The number of carbonyl (C=O) groups excluding carboxylic acids is 1. The molecule has 1 heterocycles. The molecule has 1 aliphatic rings. The summed E-state index contributed by atoms with van der Waals surface area (Å²) in [7, 11) is -2.32. The first-order valence-electron chi connectivity index (χ1n) is 9.12. The van der Waals surface area contributed by atoms with E-state index in [0.29, 0.717) is 24.5 Å². The SMILES string of the molecule is COc1ccc(/C=C/C(=O)Oc2ccc(C)cc2)cc1S(=O)(=O)N1CCOCC1. The molecule has 0 N–H and O–H groups in total. The van der Waals surface area contributed by atoms with Crippen LogP contribution in [0.4, 0.5) is 0 Å². The van der Waals surface area contributed by atoms with Crippen molar-refractivity contribution in [1.82, 2.24) is 4.31 Å². The minimum atomic E-state index is -3.74. The van der Waals surface area contributed by atoms with Crippen LogP contribution < -0.4 is 9.47 Å². The van der Waals surface area contributed by atoms with Gasteiger partial charge in [0, 0.05) is 19.2 Å². The fourth-order valence-electron chi connectivity index (χ4n) is 2.85. The van der Waals surface area contributed by atoms with Crippen molar-refractivity contribution >= 4 is 22.1 Å². The molecule has 3 rings (SSSR count). The quantitative estimate of drug-likeness (QED) is 0.408. The second kappa shape index (κ2) is 9.21. The molecule has 29 heavy (non-hydrogen) atoms. The highest BCUT2D eigenvalue weighted by Gasteiger charge is 2.29. The van der Waals surface area contributed by atoms with Crippen LogP contribution in [0.3, 0.4) is 0 Å². The zero-order valence-corrected chi connectivity index (χ0v) is 17.1. The predicted octanol–water partition coefficient (Wildman–Crippen LogP) is 2.64. The van der Waals surface area contributed by atoms with Gasteiger partial charge in [-0.15, -0.1) is 0 Å². The van der Waals surface area contributed by atoms with Gasteiger partial charge in [-0.1, -0.05) is 23.8 Å². The number of rotatable bonds is 6. The highest BCUT2D eigenvalue weighted by atomic mass is 32.2. The molecule has 2 aromatic rings. The fourth-order valence-corrected chi connectivity index (χ4v) is 4.44. The summed E-state index contributed by atoms with van der Waals surface area (Å²) in [5.41, 5.74) is 1.60. The monoisotopic (exact) mass is 417 g/mol. The van der Waals surface area contributed by atoms with E-state index in [1.807, 2.05) is 19.1 Å². The van der Waals surface area contributed by atoms with E-state index in [9.17, 15) is 13.2 Å². The van der Waals surface area contributed by atoms with Crippen LogP contribution in [0.15, 0.2) is 53.4 Å². The van der Waals surface area contributed by atoms with E-state index in [1.165, 1.54) is 29.6 Å². The summed E-state index contributed by atoms with van der Waals surface area (Å²) >= 11 is 0. The number of methoxy groups -OCH3 is 1. The summed E-state index contributed by atoms with van der Waals surface area (Å²) in [5.74, 6) is 0.133. The molecular formula is C21H23NO6S. The average Bonchev–Trinajstić information content (AvgIpc) is 2.74. The molecule has 154 valence electrons. The highest BCUT2D eigenvalue weighted by molar-refractivity contribution is 7.89. The van der Waals surface area contributed by atoms with Crippen molar-refractivity contribution in [3.63, 3.8) is 0 Å². The van der Waals surface area contributed by atoms with Crippen molar-refractivity contribution in [3.05, 3.63) is 59.7 Å². The van der Waals surface area contributed by atoms with Crippen LogP contribution in [0.1, 0.15) is 11.1 Å². The van der Waals surface area contributed by atoms with Gasteiger partial charge in [0.2, 0.25) is 10.0 Å². The van der Waals surface area contributed by atoms with E-state index >= 15 is 0 Å². The van der Waals surface area contributed by atoms with E-state index in [-0.39, 0.29) is 23.7 Å². The Morgan fingerprint density at radius 2 is 1.79 bits per heavy atom. The van der Waals surface area contributed by atoms with Crippen molar-refractivity contribution < 1.29 is 27.4 Å². The third-order valence-corrected chi connectivity index (χ3v) is 6.35. The summed E-state index contributed by atoms with van der Waals surface area (Å²) in [5, 5.41) is 0. The van der Waals surface area contributed by atoms with Gasteiger partial charge < -0.3 is 14.2 Å². The summed E-state index contributed by atoms with van der Waals surface area (Å²) in [6, 6.07) is 11.8. The van der Waals surface area contributed by atoms with Crippen LogP contribution in [0.25, 0.3) is 6.08 Å². The Bertz CT molecular complexity index is 992.